The molecular formula is C15H23NO2. The lowest BCUT2D eigenvalue weighted by Crippen LogP contribution is -2.35. The fourth-order valence-electron chi connectivity index (χ4n) is 1.70. The summed E-state index contributed by atoms with van der Waals surface area (Å²) in [5.74, 6) is 0.145. The number of aryl methyl sites for hydroxylation is 1. The van der Waals surface area contributed by atoms with Crippen molar-refractivity contribution >= 4 is 5.78 Å². The Morgan fingerprint density at radius 3 is 2.61 bits per heavy atom. The van der Waals surface area contributed by atoms with Gasteiger partial charge in [0.1, 0.15) is 0 Å². The van der Waals surface area contributed by atoms with Crippen molar-refractivity contribution in [2.75, 3.05) is 19.8 Å². The molecule has 1 rings (SSSR count). The highest BCUT2D eigenvalue weighted by Gasteiger charge is 2.13. The van der Waals surface area contributed by atoms with E-state index >= 15 is 0 Å². The Hall–Kier alpha value is -1.19. The Morgan fingerprint density at radius 2 is 2.00 bits per heavy atom. The van der Waals surface area contributed by atoms with Gasteiger partial charge in [0.15, 0.2) is 5.78 Å². The number of carbonyl (C=O) groups excluding carboxylic acids is 1. The fraction of sp³-hybridized carbons (Fsp3) is 0.533. The molecule has 0 radical (unpaired) electrons. The van der Waals surface area contributed by atoms with Crippen LogP contribution in [0.15, 0.2) is 24.3 Å². The van der Waals surface area contributed by atoms with Crippen LogP contribution in [0.4, 0.5) is 0 Å². The van der Waals surface area contributed by atoms with E-state index in [1.807, 2.05) is 45.0 Å². The smallest absolute Gasteiger partial charge is 0.179 e. The quantitative estimate of drug-likeness (QED) is 0.568. The molecule has 1 N–H and O–H groups in total. The van der Waals surface area contributed by atoms with Crippen LogP contribution in [0.3, 0.4) is 0 Å². The zero-order valence-electron chi connectivity index (χ0n) is 11.5. The second-order valence-corrected chi connectivity index (χ2v) is 4.46. The van der Waals surface area contributed by atoms with Crippen LogP contribution >= 0.6 is 0 Å². The maximum Gasteiger partial charge on any atom is 0.179 e. The van der Waals surface area contributed by atoms with Crippen molar-refractivity contribution in [3.8, 4) is 0 Å². The third kappa shape index (κ3) is 4.98. The number of carbonyl (C=O) groups is 1. The molecule has 0 aliphatic carbocycles. The molecule has 18 heavy (non-hydrogen) atoms. The summed E-state index contributed by atoms with van der Waals surface area (Å²) < 4.78 is 5.25. The van der Waals surface area contributed by atoms with Crippen molar-refractivity contribution in [1.29, 1.82) is 0 Å². The number of nitrogens with one attached hydrogen (secondary N) is 1. The molecule has 0 amide bonds. The molecule has 1 aromatic rings. The van der Waals surface area contributed by atoms with E-state index in [4.69, 9.17) is 4.74 Å². The number of Topliss-reactive ketones (excluding diaryl/α,β-unsaturated/α-hetero) is 1. The zero-order chi connectivity index (χ0) is 13.4. The van der Waals surface area contributed by atoms with Gasteiger partial charge >= 0.3 is 0 Å². The second kappa shape index (κ2) is 8.01. The third-order valence-corrected chi connectivity index (χ3v) is 2.85. The first kappa shape index (κ1) is 14.9. The highest BCUT2D eigenvalue weighted by atomic mass is 16.5. The summed E-state index contributed by atoms with van der Waals surface area (Å²) in [5.41, 5.74) is 1.94. The molecule has 0 fully saturated rings. The minimum absolute atomic E-state index is 0.144. The molecule has 0 bridgehead atoms. The molecule has 1 atom stereocenters. The van der Waals surface area contributed by atoms with Crippen molar-refractivity contribution in [2.24, 2.45) is 0 Å². The topological polar surface area (TPSA) is 38.3 Å². The summed E-state index contributed by atoms with van der Waals surface area (Å²) in [7, 11) is 0. The van der Waals surface area contributed by atoms with Gasteiger partial charge in [-0.3, -0.25) is 4.79 Å². The van der Waals surface area contributed by atoms with Crippen LogP contribution in [-0.4, -0.2) is 31.6 Å². The maximum absolute atomic E-state index is 12.1. The van der Waals surface area contributed by atoms with Crippen molar-refractivity contribution in [3.63, 3.8) is 0 Å². The van der Waals surface area contributed by atoms with Gasteiger partial charge < -0.3 is 10.1 Å². The molecule has 1 aromatic carbocycles. The third-order valence-electron chi connectivity index (χ3n) is 2.85. The zero-order valence-corrected chi connectivity index (χ0v) is 11.5. The van der Waals surface area contributed by atoms with E-state index in [9.17, 15) is 4.79 Å². The van der Waals surface area contributed by atoms with Gasteiger partial charge in [0.2, 0.25) is 0 Å². The lowest BCUT2D eigenvalue weighted by Gasteiger charge is -2.13. The van der Waals surface area contributed by atoms with Crippen LogP contribution in [0.5, 0.6) is 0 Å². The number of rotatable bonds is 8. The van der Waals surface area contributed by atoms with Gasteiger partial charge in [0.25, 0.3) is 0 Å². The minimum atomic E-state index is -0.144. The predicted molar refractivity (Wildman–Crippen MR) is 74.1 cm³/mol. The molecule has 0 spiro atoms. The number of hydrogen-bond donors (Lipinski definition) is 1. The van der Waals surface area contributed by atoms with E-state index in [-0.39, 0.29) is 11.8 Å². The molecule has 0 aliphatic heterocycles. The highest BCUT2D eigenvalue weighted by molar-refractivity contribution is 5.99. The summed E-state index contributed by atoms with van der Waals surface area (Å²) in [5, 5.41) is 3.22. The monoisotopic (exact) mass is 249 g/mol. The lowest BCUT2D eigenvalue weighted by molar-refractivity contribution is 0.0946. The van der Waals surface area contributed by atoms with Crippen LogP contribution in [0.2, 0.25) is 0 Å². The minimum Gasteiger partial charge on any atom is -0.382 e. The van der Waals surface area contributed by atoms with Gasteiger partial charge in [0, 0.05) is 18.8 Å². The molecule has 1 unspecified atom stereocenters. The van der Waals surface area contributed by atoms with Gasteiger partial charge in [-0.05, 0) is 33.7 Å². The Bertz CT molecular complexity index is 359. The molecule has 0 saturated heterocycles. The van der Waals surface area contributed by atoms with Gasteiger partial charge in [-0.2, -0.15) is 0 Å². The van der Waals surface area contributed by atoms with Gasteiger partial charge in [-0.25, -0.2) is 0 Å². The molecule has 0 heterocycles. The Morgan fingerprint density at radius 1 is 1.33 bits per heavy atom. The first-order valence-corrected chi connectivity index (χ1v) is 6.57. The van der Waals surface area contributed by atoms with Crippen molar-refractivity contribution in [3.05, 3.63) is 35.4 Å². The molecule has 0 aliphatic rings. The summed E-state index contributed by atoms with van der Waals surface area (Å²) in [6.07, 6.45) is 0.930. The van der Waals surface area contributed by atoms with E-state index in [2.05, 4.69) is 5.32 Å². The Kier molecular flexibility index (Phi) is 6.61. The number of ether oxygens (including phenoxy) is 1. The van der Waals surface area contributed by atoms with Crippen LogP contribution in [0, 0.1) is 6.92 Å². The number of hydrogen-bond acceptors (Lipinski definition) is 3. The van der Waals surface area contributed by atoms with E-state index in [1.54, 1.807) is 0 Å². The van der Waals surface area contributed by atoms with E-state index in [0.717, 1.165) is 31.7 Å². The SMILES string of the molecule is CCOCCCNC(C)C(=O)c1ccc(C)cc1. The van der Waals surface area contributed by atoms with Crippen LogP contribution in [0.1, 0.15) is 36.2 Å². The van der Waals surface area contributed by atoms with E-state index in [0.29, 0.717) is 0 Å². The summed E-state index contributed by atoms with van der Waals surface area (Å²) in [6.45, 7) is 8.20. The average Bonchev–Trinajstić information content (AvgIpc) is 2.38. The molecule has 100 valence electrons. The van der Waals surface area contributed by atoms with Crippen molar-refractivity contribution in [2.45, 2.75) is 33.2 Å². The predicted octanol–water partition coefficient (Wildman–Crippen LogP) is 2.58. The van der Waals surface area contributed by atoms with Crippen molar-refractivity contribution in [1.82, 2.24) is 5.32 Å². The van der Waals surface area contributed by atoms with Crippen molar-refractivity contribution < 1.29 is 9.53 Å². The number of ketones is 1. The standard InChI is InChI=1S/C15H23NO2/c1-4-18-11-5-10-16-13(3)15(17)14-8-6-12(2)7-9-14/h6-9,13,16H,4-5,10-11H2,1-3H3. The summed E-state index contributed by atoms with van der Waals surface area (Å²) in [4.78, 5) is 12.1. The van der Waals surface area contributed by atoms with E-state index in [1.165, 1.54) is 5.56 Å². The Labute approximate surface area is 110 Å². The summed E-state index contributed by atoms with van der Waals surface area (Å²) >= 11 is 0. The molecule has 3 nitrogen and oxygen atoms in total. The number of benzene rings is 1. The van der Waals surface area contributed by atoms with E-state index < -0.39 is 0 Å². The molecule has 0 aromatic heterocycles. The van der Waals surface area contributed by atoms with Crippen LogP contribution < -0.4 is 5.32 Å². The second-order valence-electron chi connectivity index (χ2n) is 4.46. The molecule has 0 saturated carbocycles. The maximum atomic E-state index is 12.1. The Balaban J connectivity index is 2.34. The largest absolute Gasteiger partial charge is 0.382 e. The average molecular weight is 249 g/mol. The van der Waals surface area contributed by atoms with Gasteiger partial charge in [0.05, 0.1) is 6.04 Å². The van der Waals surface area contributed by atoms with Gasteiger partial charge in [-0.15, -0.1) is 0 Å². The highest BCUT2D eigenvalue weighted by Crippen LogP contribution is 2.06. The first-order valence-electron chi connectivity index (χ1n) is 6.57. The van der Waals surface area contributed by atoms with Crippen LogP contribution in [-0.2, 0) is 4.74 Å². The summed E-state index contributed by atoms with van der Waals surface area (Å²) in [6, 6.07) is 7.56. The molecule has 3 heteroatoms. The van der Waals surface area contributed by atoms with Crippen LogP contribution in [0.25, 0.3) is 0 Å². The lowest BCUT2D eigenvalue weighted by atomic mass is 10.0. The fourth-order valence-corrected chi connectivity index (χ4v) is 1.70. The normalized spacial score (nSPS) is 12.4. The molecular weight excluding hydrogens is 226 g/mol. The first-order chi connectivity index (χ1) is 8.65. The van der Waals surface area contributed by atoms with Gasteiger partial charge in [-0.1, -0.05) is 29.8 Å².